The molecule has 3 N–H and O–H groups in total. The summed E-state index contributed by atoms with van der Waals surface area (Å²) in [6.07, 6.45) is -4.83. The molecule has 3 aromatic heterocycles. The highest BCUT2D eigenvalue weighted by Crippen LogP contribution is 2.44. The van der Waals surface area contributed by atoms with Gasteiger partial charge in [-0.3, -0.25) is 9.59 Å². The monoisotopic (exact) mass is 623 g/mol. The smallest absolute Gasteiger partial charge is 0.433 e. The predicted molar refractivity (Wildman–Crippen MR) is 146 cm³/mol. The van der Waals surface area contributed by atoms with Crippen molar-refractivity contribution in [3.63, 3.8) is 0 Å². The lowest BCUT2D eigenvalue weighted by Gasteiger charge is -2.12. The number of halogens is 6. The molecule has 7 nitrogen and oxygen atoms in total. The van der Waals surface area contributed by atoms with Crippen LogP contribution in [0.4, 0.5) is 23.2 Å². The first-order valence-corrected chi connectivity index (χ1v) is 13.1. The van der Waals surface area contributed by atoms with Crippen molar-refractivity contribution in [2.75, 3.05) is 5.32 Å². The number of alkyl halides is 3. The minimum Gasteiger partial charge on any atom is -0.484 e. The molecule has 210 valence electrons. The van der Waals surface area contributed by atoms with E-state index in [0.717, 1.165) is 18.2 Å². The molecule has 2 aromatic carbocycles. The Hall–Kier alpha value is -4.13. The van der Waals surface area contributed by atoms with Crippen LogP contribution in [-0.4, -0.2) is 16.8 Å². The fourth-order valence-corrected chi connectivity index (χ4v) is 5.36. The zero-order valence-electron chi connectivity index (χ0n) is 20.3. The summed E-state index contributed by atoms with van der Waals surface area (Å²) in [7, 11) is 0. The molecule has 14 heteroatoms. The van der Waals surface area contributed by atoms with Gasteiger partial charge in [-0.1, -0.05) is 35.3 Å². The number of carbonyl (C=O) groups is 2. The third-order valence-electron chi connectivity index (χ3n) is 5.72. The van der Waals surface area contributed by atoms with Gasteiger partial charge in [0.2, 0.25) is 0 Å². The third kappa shape index (κ3) is 5.99. The molecule has 41 heavy (non-hydrogen) atoms. The number of pyridine rings is 1. The van der Waals surface area contributed by atoms with Gasteiger partial charge in [0.1, 0.15) is 39.3 Å². The molecule has 0 aliphatic heterocycles. The quantitative estimate of drug-likeness (QED) is 0.179. The first kappa shape index (κ1) is 28.4. The molecule has 0 saturated heterocycles. The number of primary amides is 1. The summed E-state index contributed by atoms with van der Waals surface area (Å²) in [5.74, 6) is -2.06. The summed E-state index contributed by atoms with van der Waals surface area (Å²) in [6, 6.07) is 12.9. The second-order valence-electron chi connectivity index (χ2n) is 8.49. The number of ether oxygens (including phenoxy) is 1. The lowest BCUT2D eigenvalue weighted by molar-refractivity contribution is -0.140. The standard InChI is InChI=1S/C27H15Cl2F4N3O4S/c28-13-3-7-18(17(29)9-13)39-11-15-6-8-19(40-15)25(38)36-22-21-16(12-1-4-14(30)5-2-12)10-20(27(31,32)33)35-26(21)41-23(22)24(34)37/h1-10H,11H2,(H2,34,37)(H,36,38). The molecule has 3 heterocycles. The Bertz CT molecular complexity index is 1800. The van der Waals surface area contributed by atoms with Gasteiger partial charge in [0.25, 0.3) is 11.8 Å². The Morgan fingerprint density at radius 1 is 1.05 bits per heavy atom. The van der Waals surface area contributed by atoms with Crippen LogP contribution in [0.1, 0.15) is 31.7 Å². The fraction of sp³-hybridized carbons (Fsp3) is 0.0741. The van der Waals surface area contributed by atoms with Gasteiger partial charge in [0.05, 0.1) is 10.7 Å². The largest absolute Gasteiger partial charge is 0.484 e. The highest BCUT2D eigenvalue weighted by Gasteiger charge is 2.35. The highest BCUT2D eigenvalue weighted by molar-refractivity contribution is 7.21. The van der Waals surface area contributed by atoms with Gasteiger partial charge in [-0.05, 0) is 59.7 Å². The minimum absolute atomic E-state index is 0.0178. The molecular weight excluding hydrogens is 609 g/mol. The van der Waals surface area contributed by atoms with E-state index < -0.39 is 29.5 Å². The van der Waals surface area contributed by atoms with Crippen LogP contribution in [0.25, 0.3) is 21.3 Å². The Labute approximate surface area is 242 Å². The van der Waals surface area contributed by atoms with E-state index in [1.165, 1.54) is 30.3 Å². The third-order valence-corrected chi connectivity index (χ3v) is 7.35. The topological polar surface area (TPSA) is 107 Å². The van der Waals surface area contributed by atoms with Crippen LogP contribution in [0.2, 0.25) is 10.0 Å². The molecule has 0 fully saturated rings. The van der Waals surface area contributed by atoms with Crippen LogP contribution in [0, 0.1) is 5.82 Å². The van der Waals surface area contributed by atoms with Crippen molar-refractivity contribution in [3.05, 3.63) is 98.6 Å². The van der Waals surface area contributed by atoms with Crippen molar-refractivity contribution in [2.24, 2.45) is 5.73 Å². The molecule has 0 aliphatic rings. The molecule has 5 aromatic rings. The Morgan fingerprint density at radius 2 is 1.78 bits per heavy atom. The minimum atomic E-state index is -4.83. The van der Waals surface area contributed by atoms with Crippen molar-refractivity contribution in [1.82, 2.24) is 4.98 Å². The summed E-state index contributed by atoms with van der Waals surface area (Å²) >= 11 is 12.5. The molecular formula is C27H15Cl2F4N3O4S. The highest BCUT2D eigenvalue weighted by atomic mass is 35.5. The lowest BCUT2D eigenvalue weighted by atomic mass is 10.0. The first-order valence-electron chi connectivity index (χ1n) is 11.5. The van der Waals surface area contributed by atoms with E-state index in [1.807, 2.05) is 0 Å². The van der Waals surface area contributed by atoms with E-state index in [-0.39, 0.29) is 55.1 Å². The fourth-order valence-electron chi connectivity index (χ4n) is 3.89. The van der Waals surface area contributed by atoms with Gasteiger partial charge in [-0.25, -0.2) is 9.37 Å². The molecule has 0 unspecified atom stereocenters. The zero-order valence-corrected chi connectivity index (χ0v) is 22.6. The molecule has 0 spiro atoms. The van der Waals surface area contributed by atoms with E-state index in [1.54, 1.807) is 12.1 Å². The molecule has 0 bridgehead atoms. The molecule has 0 radical (unpaired) electrons. The molecule has 2 amide bonds. The van der Waals surface area contributed by atoms with E-state index in [0.29, 0.717) is 22.1 Å². The maximum atomic E-state index is 13.7. The number of rotatable bonds is 7. The second-order valence-corrected chi connectivity index (χ2v) is 10.3. The number of carbonyl (C=O) groups excluding carboxylic acids is 2. The lowest BCUT2D eigenvalue weighted by Crippen LogP contribution is -2.16. The van der Waals surface area contributed by atoms with Gasteiger partial charge in [-0.15, -0.1) is 11.3 Å². The number of furan rings is 1. The van der Waals surface area contributed by atoms with Gasteiger partial charge >= 0.3 is 6.18 Å². The number of anilines is 1. The summed E-state index contributed by atoms with van der Waals surface area (Å²) in [6.45, 7) is -0.0958. The maximum Gasteiger partial charge on any atom is 0.433 e. The zero-order chi connectivity index (χ0) is 29.5. The van der Waals surface area contributed by atoms with E-state index >= 15 is 0 Å². The molecule has 0 aliphatic carbocycles. The van der Waals surface area contributed by atoms with Gasteiger partial charge in [0.15, 0.2) is 5.76 Å². The van der Waals surface area contributed by atoms with Gasteiger partial charge in [0, 0.05) is 10.4 Å². The SMILES string of the molecule is NC(=O)c1sc2nc(C(F)(F)F)cc(-c3ccc(F)cc3)c2c1NC(=O)c1ccc(COc2ccc(Cl)cc2Cl)o1. The number of nitrogens with one attached hydrogen (secondary N) is 1. The Kier molecular flexibility index (Phi) is 7.64. The van der Waals surface area contributed by atoms with E-state index in [2.05, 4.69) is 10.3 Å². The summed E-state index contributed by atoms with van der Waals surface area (Å²) < 4.78 is 65.8. The normalized spacial score (nSPS) is 11.6. The van der Waals surface area contributed by atoms with Crippen molar-refractivity contribution in [3.8, 4) is 16.9 Å². The van der Waals surface area contributed by atoms with Crippen LogP contribution >= 0.6 is 34.5 Å². The number of aromatic nitrogens is 1. The van der Waals surface area contributed by atoms with Gasteiger partial charge < -0.3 is 20.2 Å². The number of thiophene rings is 1. The van der Waals surface area contributed by atoms with Crippen molar-refractivity contribution in [1.29, 1.82) is 0 Å². The molecule has 0 saturated carbocycles. The second kappa shape index (κ2) is 11.0. The molecule has 0 atom stereocenters. The van der Waals surface area contributed by atoms with Crippen molar-refractivity contribution < 1.29 is 36.3 Å². The van der Waals surface area contributed by atoms with E-state index in [4.69, 9.17) is 38.1 Å². The number of nitrogens with zero attached hydrogens (tertiary/aromatic N) is 1. The predicted octanol–water partition coefficient (Wildman–Crippen LogP) is 7.95. The number of hydrogen-bond acceptors (Lipinski definition) is 6. The number of hydrogen-bond donors (Lipinski definition) is 2. The number of nitrogens with two attached hydrogens (primary N) is 1. The molecule has 5 rings (SSSR count). The first-order chi connectivity index (χ1) is 19.4. The van der Waals surface area contributed by atoms with Gasteiger partial charge in [-0.2, -0.15) is 13.2 Å². The number of amides is 2. The van der Waals surface area contributed by atoms with Crippen molar-refractivity contribution in [2.45, 2.75) is 12.8 Å². The average Bonchev–Trinajstić information content (AvgIpc) is 3.53. The van der Waals surface area contributed by atoms with Crippen LogP contribution < -0.4 is 15.8 Å². The Morgan fingerprint density at radius 3 is 2.44 bits per heavy atom. The summed E-state index contributed by atoms with van der Waals surface area (Å²) in [5, 5.41) is 3.22. The number of benzene rings is 2. The average molecular weight is 624 g/mol. The number of fused-ring (bicyclic) bond motifs is 1. The van der Waals surface area contributed by atoms with Crippen LogP contribution in [-0.2, 0) is 12.8 Å². The Balaban J connectivity index is 1.51. The van der Waals surface area contributed by atoms with Crippen LogP contribution in [0.5, 0.6) is 5.75 Å². The summed E-state index contributed by atoms with van der Waals surface area (Å²) in [4.78, 5) is 28.6. The maximum absolute atomic E-state index is 13.7. The van der Waals surface area contributed by atoms with E-state index in [9.17, 15) is 27.2 Å². The van der Waals surface area contributed by atoms with Crippen LogP contribution in [0.15, 0.2) is 65.1 Å². The summed E-state index contributed by atoms with van der Waals surface area (Å²) in [5.41, 5.74) is 4.25. The van der Waals surface area contributed by atoms with Crippen LogP contribution in [0.3, 0.4) is 0 Å². The van der Waals surface area contributed by atoms with Crippen molar-refractivity contribution >= 4 is 62.3 Å².